The number of aromatic nitrogens is 1. The Bertz CT molecular complexity index is 758. The van der Waals surface area contributed by atoms with Crippen LogP contribution in [-0.4, -0.2) is 22.3 Å². The van der Waals surface area contributed by atoms with Crippen LogP contribution in [0.1, 0.15) is 44.1 Å². The van der Waals surface area contributed by atoms with E-state index >= 15 is 0 Å². The number of carbonyl (C=O) groups is 3. The number of Topliss-reactive ketones (excluding diaryl/α,β-unsaturated/α-hetero) is 3. The van der Waals surface area contributed by atoms with Crippen LogP contribution in [0.4, 0.5) is 0 Å². The first-order chi connectivity index (χ1) is 11.1. The van der Waals surface area contributed by atoms with Crippen molar-refractivity contribution in [1.29, 1.82) is 0 Å². The van der Waals surface area contributed by atoms with Crippen LogP contribution in [0.25, 0.3) is 10.9 Å². The summed E-state index contributed by atoms with van der Waals surface area (Å²) in [5.41, 5.74) is 1.83. The quantitative estimate of drug-likeness (QED) is 0.813. The van der Waals surface area contributed by atoms with Crippen molar-refractivity contribution in [2.24, 2.45) is 5.92 Å². The van der Waals surface area contributed by atoms with Crippen molar-refractivity contribution in [2.45, 2.75) is 38.5 Å². The minimum atomic E-state index is -1.03. The number of hydrogen-bond acceptors (Lipinski definition) is 4. The highest BCUT2D eigenvalue weighted by molar-refractivity contribution is 6.21. The zero-order valence-electron chi connectivity index (χ0n) is 13.1. The van der Waals surface area contributed by atoms with Crippen molar-refractivity contribution < 1.29 is 14.4 Å². The maximum Gasteiger partial charge on any atom is 0.151 e. The van der Waals surface area contributed by atoms with Gasteiger partial charge in [-0.05, 0) is 30.0 Å². The number of carbonyl (C=O) groups excluding carboxylic acids is 3. The van der Waals surface area contributed by atoms with Gasteiger partial charge in [0.1, 0.15) is 5.92 Å². The van der Waals surface area contributed by atoms with E-state index in [0.717, 1.165) is 16.5 Å². The van der Waals surface area contributed by atoms with Gasteiger partial charge >= 0.3 is 0 Å². The lowest BCUT2D eigenvalue weighted by Gasteiger charge is -2.26. The fourth-order valence-corrected chi connectivity index (χ4v) is 3.42. The summed E-state index contributed by atoms with van der Waals surface area (Å²) < 4.78 is 0. The molecular formula is C19H19NO3. The normalized spacial score (nSPS) is 21.6. The van der Waals surface area contributed by atoms with E-state index in [-0.39, 0.29) is 36.1 Å². The monoisotopic (exact) mass is 309 g/mol. The van der Waals surface area contributed by atoms with Gasteiger partial charge in [-0.15, -0.1) is 0 Å². The van der Waals surface area contributed by atoms with Crippen LogP contribution >= 0.6 is 0 Å². The molecule has 0 bridgehead atoms. The summed E-state index contributed by atoms with van der Waals surface area (Å²) in [6.07, 6.45) is 3.17. The van der Waals surface area contributed by atoms with Crippen molar-refractivity contribution in [3.63, 3.8) is 0 Å². The maximum atomic E-state index is 12.4. The van der Waals surface area contributed by atoms with Crippen molar-refractivity contribution >= 4 is 28.3 Å². The molecule has 1 aromatic heterocycles. The molecule has 1 aliphatic carbocycles. The topological polar surface area (TPSA) is 64.1 Å². The summed E-state index contributed by atoms with van der Waals surface area (Å²) in [6, 6.07) is 9.59. The Morgan fingerprint density at radius 1 is 1.13 bits per heavy atom. The van der Waals surface area contributed by atoms with E-state index in [1.165, 1.54) is 0 Å². The minimum Gasteiger partial charge on any atom is -0.298 e. The third-order valence-corrected chi connectivity index (χ3v) is 4.48. The summed E-state index contributed by atoms with van der Waals surface area (Å²) in [7, 11) is 0. The number of para-hydroxylation sites is 1. The number of hydrogen-bond donors (Lipinski definition) is 0. The number of ketones is 3. The van der Waals surface area contributed by atoms with Crippen LogP contribution in [0.15, 0.2) is 36.5 Å². The van der Waals surface area contributed by atoms with Crippen LogP contribution < -0.4 is 0 Å². The molecule has 1 fully saturated rings. The lowest BCUT2D eigenvalue weighted by atomic mass is 9.74. The summed E-state index contributed by atoms with van der Waals surface area (Å²) in [6.45, 7) is 1.88. The average molecular weight is 309 g/mol. The second-order valence-corrected chi connectivity index (χ2v) is 6.10. The van der Waals surface area contributed by atoms with Gasteiger partial charge in [0, 0.05) is 30.8 Å². The zero-order valence-corrected chi connectivity index (χ0v) is 13.1. The van der Waals surface area contributed by atoms with Gasteiger partial charge in [-0.1, -0.05) is 25.1 Å². The van der Waals surface area contributed by atoms with Crippen molar-refractivity contribution in [2.75, 3.05) is 0 Å². The first kappa shape index (κ1) is 15.5. The summed E-state index contributed by atoms with van der Waals surface area (Å²) in [5, 5.41) is 0.971. The molecule has 0 aliphatic heterocycles. The van der Waals surface area contributed by atoms with E-state index in [1.54, 1.807) is 6.20 Å². The molecule has 1 aliphatic rings. The molecule has 0 radical (unpaired) electrons. The second-order valence-electron chi connectivity index (χ2n) is 6.10. The second kappa shape index (κ2) is 6.41. The minimum absolute atomic E-state index is 0.159. The molecule has 3 rings (SSSR count). The van der Waals surface area contributed by atoms with Gasteiger partial charge < -0.3 is 0 Å². The summed E-state index contributed by atoms with van der Waals surface area (Å²) >= 11 is 0. The number of rotatable bonds is 4. The Morgan fingerprint density at radius 3 is 2.52 bits per heavy atom. The van der Waals surface area contributed by atoms with Gasteiger partial charge in [-0.3, -0.25) is 19.4 Å². The molecule has 0 amide bonds. The fraction of sp³-hybridized carbons (Fsp3) is 0.368. The lowest BCUT2D eigenvalue weighted by molar-refractivity contribution is -0.142. The van der Waals surface area contributed by atoms with Gasteiger partial charge in [-0.2, -0.15) is 0 Å². The summed E-state index contributed by atoms with van der Waals surface area (Å²) in [4.78, 5) is 41.1. The first-order valence-electron chi connectivity index (χ1n) is 8.03. The third-order valence-electron chi connectivity index (χ3n) is 4.48. The molecule has 1 aromatic carbocycles. The summed E-state index contributed by atoms with van der Waals surface area (Å²) in [5.74, 6) is -1.87. The van der Waals surface area contributed by atoms with E-state index in [9.17, 15) is 14.4 Å². The van der Waals surface area contributed by atoms with E-state index in [0.29, 0.717) is 12.8 Å². The molecule has 4 nitrogen and oxygen atoms in total. The van der Waals surface area contributed by atoms with Crippen molar-refractivity contribution in [1.82, 2.24) is 4.98 Å². The van der Waals surface area contributed by atoms with Crippen molar-refractivity contribution in [3.8, 4) is 0 Å². The predicted octanol–water partition coefficient (Wildman–Crippen LogP) is 3.24. The van der Waals surface area contributed by atoms with Crippen molar-refractivity contribution in [3.05, 3.63) is 42.1 Å². The highest BCUT2D eigenvalue weighted by atomic mass is 16.2. The largest absolute Gasteiger partial charge is 0.298 e. The van der Waals surface area contributed by atoms with Crippen LogP contribution in [0.3, 0.4) is 0 Å². The maximum absolute atomic E-state index is 12.4. The molecule has 1 saturated carbocycles. The third kappa shape index (κ3) is 2.93. The molecule has 0 unspecified atom stereocenters. The smallest absolute Gasteiger partial charge is 0.151 e. The van der Waals surface area contributed by atoms with E-state index < -0.39 is 5.92 Å². The molecular weight excluding hydrogens is 290 g/mol. The Labute approximate surface area is 134 Å². The molecule has 0 N–H and O–H groups in total. The lowest BCUT2D eigenvalue weighted by Crippen LogP contribution is -2.38. The molecule has 23 heavy (non-hydrogen) atoms. The first-order valence-corrected chi connectivity index (χ1v) is 8.03. The number of nitrogens with zero attached hydrogens (tertiary/aromatic N) is 1. The highest BCUT2D eigenvalue weighted by Gasteiger charge is 2.40. The average Bonchev–Trinajstić information content (AvgIpc) is 2.54. The standard InChI is InChI=1S/C19H19NO3/c1-2-5-16(21)19-17(22)10-12(11-18(19)23)13-8-9-20-15-7-4-3-6-14(13)15/h3-4,6-9,12,19H,2,5,10-11H2,1H3. The van der Waals surface area contributed by atoms with Crippen LogP contribution in [0.2, 0.25) is 0 Å². The van der Waals surface area contributed by atoms with Gasteiger partial charge in [0.15, 0.2) is 17.3 Å². The van der Waals surface area contributed by atoms with Gasteiger partial charge in [0.2, 0.25) is 0 Å². The molecule has 4 heteroatoms. The van der Waals surface area contributed by atoms with Crippen LogP contribution in [0, 0.1) is 5.92 Å². The fourth-order valence-electron chi connectivity index (χ4n) is 3.42. The molecule has 0 spiro atoms. The number of pyridine rings is 1. The number of fused-ring (bicyclic) bond motifs is 1. The Balaban J connectivity index is 1.90. The van der Waals surface area contributed by atoms with Gasteiger partial charge in [0.05, 0.1) is 5.52 Å². The van der Waals surface area contributed by atoms with Gasteiger partial charge in [0.25, 0.3) is 0 Å². The van der Waals surface area contributed by atoms with Crippen LogP contribution in [0.5, 0.6) is 0 Å². The molecule has 2 aromatic rings. The molecule has 0 atom stereocenters. The highest BCUT2D eigenvalue weighted by Crippen LogP contribution is 2.35. The predicted molar refractivity (Wildman–Crippen MR) is 87.1 cm³/mol. The Morgan fingerprint density at radius 2 is 1.83 bits per heavy atom. The van der Waals surface area contributed by atoms with E-state index in [1.807, 2.05) is 37.3 Å². The van der Waals surface area contributed by atoms with Gasteiger partial charge in [-0.25, -0.2) is 0 Å². The Hall–Kier alpha value is -2.36. The van der Waals surface area contributed by atoms with E-state index in [2.05, 4.69) is 4.98 Å². The zero-order chi connectivity index (χ0) is 16.4. The van der Waals surface area contributed by atoms with Crippen LogP contribution in [-0.2, 0) is 14.4 Å². The molecule has 0 saturated heterocycles. The Kier molecular flexibility index (Phi) is 4.33. The molecule has 1 heterocycles. The molecule has 118 valence electrons. The van der Waals surface area contributed by atoms with E-state index in [4.69, 9.17) is 0 Å². The number of benzene rings is 1. The SMILES string of the molecule is CCCC(=O)C1C(=O)CC(c2ccnc3ccccc23)CC1=O.